The number of nitrogens with zero attached hydrogens (tertiary/aromatic N) is 1. The summed E-state index contributed by atoms with van der Waals surface area (Å²) in [6.45, 7) is 7.42. The highest BCUT2D eigenvalue weighted by atomic mass is 16.5. The van der Waals surface area contributed by atoms with Crippen LogP contribution in [-0.4, -0.2) is 32.3 Å². The van der Waals surface area contributed by atoms with Crippen molar-refractivity contribution in [2.24, 2.45) is 10.7 Å². The number of ether oxygens (including phenoxy) is 1. The van der Waals surface area contributed by atoms with Gasteiger partial charge in [0.2, 0.25) is 0 Å². The van der Waals surface area contributed by atoms with E-state index in [9.17, 15) is 0 Å². The lowest BCUT2D eigenvalue weighted by Crippen LogP contribution is -2.32. The Morgan fingerprint density at radius 3 is 2.69 bits per heavy atom. The molecule has 0 aromatic heterocycles. The van der Waals surface area contributed by atoms with Crippen molar-refractivity contribution < 1.29 is 4.74 Å². The fourth-order valence-electron chi connectivity index (χ4n) is 1.33. The van der Waals surface area contributed by atoms with Gasteiger partial charge < -0.3 is 15.8 Å². The first-order valence-electron chi connectivity index (χ1n) is 6.42. The largest absolute Gasteiger partial charge is 0.382 e. The Hall–Kier alpha value is -0.770. The Balaban J connectivity index is 3.27. The number of nitrogens with one attached hydrogen (secondary N) is 1. The second-order valence-electron chi connectivity index (χ2n) is 3.80. The van der Waals surface area contributed by atoms with Gasteiger partial charge in [0.05, 0.1) is 0 Å². The summed E-state index contributed by atoms with van der Waals surface area (Å²) in [5, 5.41) is 3.12. The molecule has 0 atom stereocenters. The molecule has 0 spiro atoms. The molecule has 4 heteroatoms. The van der Waals surface area contributed by atoms with Crippen LogP contribution < -0.4 is 11.1 Å². The molecule has 0 saturated heterocycles. The third-order valence-electron chi connectivity index (χ3n) is 2.27. The maximum absolute atomic E-state index is 5.70. The Labute approximate surface area is 99.7 Å². The van der Waals surface area contributed by atoms with Crippen LogP contribution in [0.5, 0.6) is 0 Å². The summed E-state index contributed by atoms with van der Waals surface area (Å²) in [6, 6.07) is 0. The molecule has 0 aliphatic rings. The SMILES string of the molecule is CCCCCCNC(N)=NCCCOCC. The van der Waals surface area contributed by atoms with Crippen LogP contribution in [0.25, 0.3) is 0 Å². The summed E-state index contributed by atoms with van der Waals surface area (Å²) in [7, 11) is 0. The third-order valence-corrected chi connectivity index (χ3v) is 2.27. The predicted molar refractivity (Wildman–Crippen MR) is 69.7 cm³/mol. The van der Waals surface area contributed by atoms with Crippen LogP contribution >= 0.6 is 0 Å². The van der Waals surface area contributed by atoms with Crippen molar-refractivity contribution in [3.8, 4) is 0 Å². The van der Waals surface area contributed by atoms with Crippen LogP contribution in [-0.2, 0) is 4.74 Å². The highest BCUT2D eigenvalue weighted by Gasteiger charge is 1.91. The first kappa shape index (κ1) is 15.2. The fourth-order valence-corrected chi connectivity index (χ4v) is 1.33. The molecule has 0 aliphatic carbocycles. The first-order chi connectivity index (χ1) is 7.81. The number of hydrogen-bond donors (Lipinski definition) is 2. The molecular formula is C12H27N3O. The molecular weight excluding hydrogens is 202 g/mol. The van der Waals surface area contributed by atoms with Crippen LogP contribution in [0.4, 0.5) is 0 Å². The van der Waals surface area contributed by atoms with Crippen LogP contribution in [0.2, 0.25) is 0 Å². The minimum Gasteiger partial charge on any atom is -0.382 e. The van der Waals surface area contributed by atoms with Crippen molar-refractivity contribution in [3.05, 3.63) is 0 Å². The lowest BCUT2D eigenvalue weighted by atomic mass is 10.2. The van der Waals surface area contributed by atoms with Crippen molar-refractivity contribution in [2.45, 2.75) is 46.0 Å². The highest BCUT2D eigenvalue weighted by Crippen LogP contribution is 1.96. The van der Waals surface area contributed by atoms with Crippen molar-refractivity contribution >= 4 is 5.96 Å². The van der Waals surface area contributed by atoms with Gasteiger partial charge in [0, 0.05) is 26.3 Å². The molecule has 0 saturated carbocycles. The average Bonchev–Trinajstić information content (AvgIpc) is 2.28. The molecule has 0 rings (SSSR count). The summed E-state index contributed by atoms with van der Waals surface area (Å²) in [6.07, 6.45) is 5.93. The Morgan fingerprint density at radius 1 is 1.19 bits per heavy atom. The van der Waals surface area contributed by atoms with Crippen molar-refractivity contribution in [1.29, 1.82) is 0 Å². The van der Waals surface area contributed by atoms with Gasteiger partial charge in [0.15, 0.2) is 5.96 Å². The van der Waals surface area contributed by atoms with E-state index in [1.807, 2.05) is 6.92 Å². The van der Waals surface area contributed by atoms with Gasteiger partial charge in [-0.2, -0.15) is 0 Å². The van der Waals surface area contributed by atoms with Crippen molar-refractivity contribution in [2.75, 3.05) is 26.3 Å². The standard InChI is InChI=1S/C12H27N3O/c1-3-5-6-7-9-14-12(13)15-10-8-11-16-4-2/h3-11H2,1-2H3,(H3,13,14,15). The van der Waals surface area contributed by atoms with Crippen LogP contribution in [0.1, 0.15) is 46.0 Å². The summed E-state index contributed by atoms with van der Waals surface area (Å²) in [4.78, 5) is 4.22. The zero-order chi connectivity index (χ0) is 12.1. The zero-order valence-corrected chi connectivity index (χ0v) is 10.8. The molecule has 0 bridgehead atoms. The van der Waals surface area contributed by atoms with E-state index in [2.05, 4.69) is 17.2 Å². The monoisotopic (exact) mass is 229 g/mol. The highest BCUT2D eigenvalue weighted by molar-refractivity contribution is 5.77. The Kier molecular flexibility index (Phi) is 11.7. The van der Waals surface area contributed by atoms with Gasteiger partial charge in [-0.1, -0.05) is 26.2 Å². The zero-order valence-electron chi connectivity index (χ0n) is 10.8. The van der Waals surface area contributed by atoms with E-state index < -0.39 is 0 Å². The molecule has 0 amide bonds. The summed E-state index contributed by atoms with van der Waals surface area (Å²) < 4.78 is 5.21. The van der Waals surface area contributed by atoms with Gasteiger partial charge in [-0.15, -0.1) is 0 Å². The number of guanidine groups is 1. The van der Waals surface area contributed by atoms with E-state index in [0.29, 0.717) is 5.96 Å². The second-order valence-corrected chi connectivity index (χ2v) is 3.80. The minimum atomic E-state index is 0.563. The Bertz CT molecular complexity index is 172. The number of aliphatic imine (C=N–C) groups is 1. The maximum atomic E-state index is 5.70. The normalized spacial score (nSPS) is 11.8. The van der Waals surface area contributed by atoms with Crippen LogP contribution in [0, 0.1) is 0 Å². The van der Waals surface area contributed by atoms with E-state index in [4.69, 9.17) is 10.5 Å². The number of rotatable bonds is 10. The number of hydrogen-bond acceptors (Lipinski definition) is 2. The first-order valence-corrected chi connectivity index (χ1v) is 6.42. The van der Waals surface area contributed by atoms with Crippen molar-refractivity contribution in [3.63, 3.8) is 0 Å². The predicted octanol–water partition coefficient (Wildman–Crippen LogP) is 1.90. The molecule has 3 N–H and O–H groups in total. The topological polar surface area (TPSA) is 59.6 Å². The van der Waals surface area contributed by atoms with Gasteiger partial charge in [0.25, 0.3) is 0 Å². The maximum Gasteiger partial charge on any atom is 0.188 e. The van der Waals surface area contributed by atoms with Gasteiger partial charge >= 0.3 is 0 Å². The molecule has 0 heterocycles. The molecule has 96 valence electrons. The van der Waals surface area contributed by atoms with E-state index >= 15 is 0 Å². The fraction of sp³-hybridized carbons (Fsp3) is 0.917. The molecule has 16 heavy (non-hydrogen) atoms. The van der Waals surface area contributed by atoms with Crippen molar-refractivity contribution in [1.82, 2.24) is 5.32 Å². The van der Waals surface area contributed by atoms with Gasteiger partial charge in [-0.3, -0.25) is 4.99 Å². The number of unbranched alkanes of at least 4 members (excludes halogenated alkanes) is 3. The molecule has 0 unspecified atom stereocenters. The summed E-state index contributed by atoms with van der Waals surface area (Å²) in [5.41, 5.74) is 5.70. The molecule has 0 aromatic carbocycles. The summed E-state index contributed by atoms with van der Waals surface area (Å²) in [5.74, 6) is 0.563. The van der Waals surface area contributed by atoms with E-state index in [-0.39, 0.29) is 0 Å². The smallest absolute Gasteiger partial charge is 0.188 e. The second kappa shape index (κ2) is 12.3. The minimum absolute atomic E-state index is 0.563. The van der Waals surface area contributed by atoms with Gasteiger partial charge in [0.1, 0.15) is 0 Å². The van der Waals surface area contributed by atoms with E-state index in [1.54, 1.807) is 0 Å². The molecule has 4 nitrogen and oxygen atoms in total. The molecule has 0 radical (unpaired) electrons. The Morgan fingerprint density at radius 2 is 2.00 bits per heavy atom. The molecule has 0 aliphatic heterocycles. The molecule has 0 fully saturated rings. The van der Waals surface area contributed by atoms with E-state index in [0.717, 1.165) is 32.7 Å². The molecule has 0 aromatic rings. The van der Waals surface area contributed by atoms with E-state index in [1.165, 1.54) is 25.7 Å². The van der Waals surface area contributed by atoms with Gasteiger partial charge in [-0.25, -0.2) is 0 Å². The summed E-state index contributed by atoms with van der Waals surface area (Å²) >= 11 is 0. The van der Waals surface area contributed by atoms with Crippen LogP contribution in [0.3, 0.4) is 0 Å². The average molecular weight is 229 g/mol. The van der Waals surface area contributed by atoms with Gasteiger partial charge in [-0.05, 0) is 19.8 Å². The lowest BCUT2D eigenvalue weighted by molar-refractivity contribution is 0.146. The quantitative estimate of drug-likeness (QED) is 0.342. The van der Waals surface area contributed by atoms with Crippen LogP contribution in [0.15, 0.2) is 4.99 Å². The lowest BCUT2D eigenvalue weighted by Gasteiger charge is -2.05. The third kappa shape index (κ3) is 11.3. The number of nitrogens with two attached hydrogens (primary N) is 1.